The average Bonchev–Trinajstić information content (AvgIpc) is 2.29. The molecule has 0 spiro atoms. The molecule has 0 saturated carbocycles. The number of aliphatic hydroxyl groups is 3. The van der Waals surface area contributed by atoms with Crippen molar-refractivity contribution < 1.29 is 34.4 Å². The number of nitrogens with two attached hydrogens (primary N) is 1. The molecule has 0 radical (unpaired) electrons. The van der Waals surface area contributed by atoms with E-state index in [4.69, 9.17) is 20.3 Å². The summed E-state index contributed by atoms with van der Waals surface area (Å²) in [4.78, 5) is 22.7. The highest BCUT2D eigenvalue weighted by Gasteiger charge is 2.58. The Hall–Kier alpha value is -1.06. The average molecular weight is 263 g/mol. The van der Waals surface area contributed by atoms with E-state index in [2.05, 4.69) is 0 Å². The number of ketones is 1. The first-order valence-corrected chi connectivity index (χ1v) is 5.37. The lowest BCUT2D eigenvalue weighted by molar-refractivity contribution is -0.302. The van der Waals surface area contributed by atoms with E-state index in [9.17, 15) is 19.8 Å². The molecule has 18 heavy (non-hydrogen) atoms. The van der Waals surface area contributed by atoms with Crippen molar-refractivity contribution in [3.05, 3.63) is 0 Å². The van der Waals surface area contributed by atoms with Crippen LogP contribution in [0.2, 0.25) is 0 Å². The number of esters is 1. The van der Waals surface area contributed by atoms with Gasteiger partial charge in [0.25, 0.3) is 5.79 Å². The number of Topliss-reactive ketones (excluding diaryl/α,β-unsaturated/α-hetero) is 1. The van der Waals surface area contributed by atoms with E-state index in [0.29, 0.717) is 0 Å². The molecular formula is C10H17NO7. The predicted molar refractivity (Wildman–Crippen MR) is 57.1 cm³/mol. The van der Waals surface area contributed by atoms with Crippen molar-refractivity contribution in [3.8, 4) is 0 Å². The number of carbonyl (C=O) groups is 2. The summed E-state index contributed by atoms with van der Waals surface area (Å²) >= 11 is 0. The minimum absolute atomic E-state index is 0.665. The summed E-state index contributed by atoms with van der Waals surface area (Å²) in [5.74, 6) is -3.77. The first-order chi connectivity index (χ1) is 8.26. The fourth-order valence-corrected chi connectivity index (χ4v) is 1.87. The number of hydrogen-bond donors (Lipinski definition) is 4. The minimum Gasteiger partial charge on any atom is -0.424 e. The van der Waals surface area contributed by atoms with E-state index in [1.807, 2.05) is 0 Å². The molecule has 1 heterocycles. The summed E-state index contributed by atoms with van der Waals surface area (Å²) in [5.41, 5.74) is 5.60. The molecule has 0 aliphatic carbocycles. The third-order valence-corrected chi connectivity index (χ3v) is 2.83. The molecule has 8 nitrogen and oxygen atoms in total. The van der Waals surface area contributed by atoms with Crippen molar-refractivity contribution in [2.45, 2.75) is 44.0 Å². The second-order valence-electron chi connectivity index (χ2n) is 4.16. The van der Waals surface area contributed by atoms with Crippen molar-refractivity contribution in [1.82, 2.24) is 0 Å². The van der Waals surface area contributed by atoms with Gasteiger partial charge in [0.1, 0.15) is 24.4 Å². The van der Waals surface area contributed by atoms with E-state index in [-0.39, 0.29) is 0 Å². The molecule has 0 aromatic carbocycles. The van der Waals surface area contributed by atoms with Crippen molar-refractivity contribution in [2.75, 3.05) is 6.61 Å². The van der Waals surface area contributed by atoms with Crippen LogP contribution in [0.4, 0.5) is 0 Å². The molecule has 1 rings (SSSR count). The van der Waals surface area contributed by atoms with E-state index >= 15 is 0 Å². The van der Waals surface area contributed by atoms with Gasteiger partial charge in [-0.05, 0) is 0 Å². The van der Waals surface area contributed by atoms with Crippen LogP contribution >= 0.6 is 0 Å². The zero-order valence-corrected chi connectivity index (χ0v) is 10.1. The third kappa shape index (κ3) is 2.38. The van der Waals surface area contributed by atoms with Crippen LogP contribution in [0, 0.1) is 0 Å². The highest BCUT2D eigenvalue weighted by molar-refractivity contribution is 5.87. The normalized spacial score (nSPS) is 40.3. The summed E-state index contributed by atoms with van der Waals surface area (Å²) in [5, 5.41) is 28.3. The zero-order chi connectivity index (χ0) is 14.1. The highest BCUT2D eigenvalue weighted by atomic mass is 16.7. The Balaban J connectivity index is 3.15. The van der Waals surface area contributed by atoms with Crippen molar-refractivity contribution in [1.29, 1.82) is 0 Å². The topological polar surface area (TPSA) is 139 Å². The van der Waals surface area contributed by atoms with Gasteiger partial charge in [-0.1, -0.05) is 0 Å². The number of rotatable bonds is 3. The monoisotopic (exact) mass is 263 g/mol. The van der Waals surface area contributed by atoms with Gasteiger partial charge in [-0.25, -0.2) is 0 Å². The standard InChI is InChI=1S/C10H17NO7/c1-4(13)10(17-5(2)14)9(11)8(16)7(15)6(3-12)18-10/h6-9,12,15-16H,3,11H2,1-2H3/t6-,7-,8+,9-,10?/m1/s1. The molecule has 0 bridgehead atoms. The summed E-state index contributed by atoms with van der Waals surface area (Å²) in [6.45, 7) is 1.45. The van der Waals surface area contributed by atoms with Crippen LogP contribution in [0.5, 0.6) is 0 Å². The molecule has 5 atom stereocenters. The Labute approximate surface area is 103 Å². The fraction of sp³-hybridized carbons (Fsp3) is 0.800. The molecule has 1 aliphatic rings. The van der Waals surface area contributed by atoms with Crippen molar-refractivity contribution in [2.24, 2.45) is 5.73 Å². The van der Waals surface area contributed by atoms with Gasteiger partial charge in [0.05, 0.1) is 6.61 Å². The maximum atomic E-state index is 11.6. The third-order valence-electron chi connectivity index (χ3n) is 2.83. The van der Waals surface area contributed by atoms with E-state index < -0.39 is 48.5 Å². The lowest BCUT2D eigenvalue weighted by Gasteiger charge is -2.46. The maximum Gasteiger partial charge on any atom is 0.305 e. The molecule has 5 N–H and O–H groups in total. The van der Waals surface area contributed by atoms with Crippen LogP contribution in [-0.4, -0.2) is 63.8 Å². The van der Waals surface area contributed by atoms with Gasteiger partial charge in [-0.2, -0.15) is 0 Å². The van der Waals surface area contributed by atoms with Gasteiger partial charge < -0.3 is 30.5 Å². The number of aliphatic hydroxyl groups excluding tert-OH is 3. The molecule has 1 saturated heterocycles. The van der Waals surface area contributed by atoms with E-state index in [1.54, 1.807) is 0 Å². The molecule has 0 aromatic rings. The number of ether oxygens (including phenoxy) is 2. The highest BCUT2D eigenvalue weighted by Crippen LogP contribution is 2.31. The quantitative estimate of drug-likeness (QED) is 0.402. The fourth-order valence-electron chi connectivity index (χ4n) is 1.87. The van der Waals surface area contributed by atoms with Crippen molar-refractivity contribution in [3.63, 3.8) is 0 Å². The molecule has 0 aromatic heterocycles. The minimum atomic E-state index is -2.20. The van der Waals surface area contributed by atoms with Crippen LogP contribution in [-0.2, 0) is 19.1 Å². The van der Waals surface area contributed by atoms with Gasteiger partial charge in [0.2, 0.25) is 5.78 Å². The summed E-state index contributed by atoms with van der Waals surface area (Å²) in [6.07, 6.45) is -4.32. The van der Waals surface area contributed by atoms with E-state index in [1.165, 1.54) is 0 Å². The van der Waals surface area contributed by atoms with E-state index in [0.717, 1.165) is 13.8 Å². The van der Waals surface area contributed by atoms with Gasteiger partial charge in [-0.15, -0.1) is 0 Å². The SMILES string of the molecule is CC(=O)OC1(C(C)=O)O[C@H](CO)[C@@H](O)[C@H](O)[C@H]1N. The Morgan fingerprint density at radius 2 is 1.89 bits per heavy atom. The Morgan fingerprint density at radius 3 is 2.28 bits per heavy atom. The van der Waals surface area contributed by atoms with Crippen molar-refractivity contribution >= 4 is 11.8 Å². The first kappa shape index (κ1) is 15.0. The molecule has 1 fully saturated rings. The Bertz CT molecular complexity index is 345. The van der Waals surface area contributed by atoms with Gasteiger partial charge in [-0.3, -0.25) is 9.59 Å². The molecule has 104 valence electrons. The lowest BCUT2D eigenvalue weighted by Crippen LogP contribution is -2.72. The van der Waals surface area contributed by atoms with Crippen LogP contribution in [0.1, 0.15) is 13.8 Å². The zero-order valence-electron chi connectivity index (χ0n) is 10.1. The Kier molecular flexibility index (Phi) is 4.41. The Morgan fingerprint density at radius 1 is 1.33 bits per heavy atom. The first-order valence-electron chi connectivity index (χ1n) is 5.37. The van der Waals surface area contributed by atoms with Crippen LogP contribution < -0.4 is 5.73 Å². The molecule has 1 unspecified atom stereocenters. The number of hydrogen-bond acceptors (Lipinski definition) is 8. The lowest BCUT2D eigenvalue weighted by atomic mass is 9.88. The van der Waals surface area contributed by atoms with Crippen LogP contribution in [0.3, 0.4) is 0 Å². The number of carbonyl (C=O) groups excluding carboxylic acids is 2. The smallest absolute Gasteiger partial charge is 0.305 e. The van der Waals surface area contributed by atoms with Gasteiger partial charge in [0.15, 0.2) is 0 Å². The maximum absolute atomic E-state index is 11.6. The summed E-state index contributed by atoms with van der Waals surface area (Å²) in [6, 6.07) is -1.45. The molecular weight excluding hydrogens is 246 g/mol. The largest absolute Gasteiger partial charge is 0.424 e. The molecule has 8 heteroatoms. The van der Waals surface area contributed by atoms with Crippen LogP contribution in [0.15, 0.2) is 0 Å². The van der Waals surface area contributed by atoms with Gasteiger partial charge >= 0.3 is 5.97 Å². The molecule has 1 aliphatic heterocycles. The van der Waals surface area contributed by atoms with Crippen LogP contribution in [0.25, 0.3) is 0 Å². The van der Waals surface area contributed by atoms with Gasteiger partial charge in [0, 0.05) is 13.8 Å². The second-order valence-corrected chi connectivity index (χ2v) is 4.16. The predicted octanol–water partition coefficient (Wildman–Crippen LogP) is -2.72. The molecule has 0 amide bonds. The second kappa shape index (κ2) is 5.29. The summed E-state index contributed by atoms with van der Waals surface area (Å²) in [7, 11) is 0. The summed E-state index contributed by atoms with van der Waals surface area (Å²) < 4.78 is 9.90.